The Hall–Kier alpha value is -1.51. The van der Waals surface area contributed by atoms with Crippen molar-refractivity contribution in [2.75, 3.05) is 31.1 Å². The second-order valence-electron chi connectivity index (χ2n) is 5.76. The fourth-order valence-electron chi connectivity index (χ4n) is 2.74. The van der Waals surface area contributed by atoms with Gasteiger partial charge in [0, 0.05) is 38.3 Å². The first-order valence-electron chi connectivity index (χ1n) is 7.71. The second-order valence-corrected chi connectivity index (χ2v) is 5.76. The van der Waals surface area contributed by atoms with Gasteiger partial charge in [0.15, 0.2) is 0 Å². The average molecular weight is 274 g/mol. The summed E-state index contributed by atoms with van der Waals surface area (Å²) in [6, 6.07) is 6.59. The predicted octanol–water partition coefficient (Wildman–Crippen LogP) is 3.14. The first-order valence-corrected chi connectivity index (χ1v) is 7.71. The highest BCUT2D eigenvalue weighted by Gasteiger charge is 2.21. The zero-order valence-electron chi connectivity index (χ0n) is 13.0. The molecule has 3 heteroatoms. The third kappa shape index (κ3) is 3.53. The lowest BCUT2D eigenvalue weighted by molar-refractivity contribution is -0.131. The Morgan fingerprint density at radius 1 is 1.15 bits per heavy atom. The zero-order chi connectivity index (χ0) is 14.5. The van der Waals surface area contributed by atoms with Crippen molar-refractivity contribution < 1.29 is 4.79 Å². The van der Waals surface area contributed by atoms with Gasteiger partial charge >= 0.3 is 0 Å². The van der Waals surface area contributed by atoms with E-state index >= 15 is 0 Å². The summed E-state index contributed by atoms with van der Waals surface area (Å²) in [6.07, 6.45) is 2.81. The molecule has 0 radical (unpaired) electrons. The van der Waals surface area contributed by atoms with E-state index in [0.29, 0.717) is 12.3 Å². The molecular formula is C17H26N2O. The van der Waals surface area contributed by atoms with Crippen LogP contribution in [0.1, 0.15) is 37.3 Å². The molecule has 1 aliphatic heterocycles. The number of benzene rings is 1. The van der Waals surface area contributed by atoms with E-state index in [1.165, 1.54) is 16.8 Å². The number of carbonyl (C=O) groups is 1. The highest BCUT2D eigenvalue weighted by molar-refractivity contribution is 5.76. The van der Waals surface area contributed by atoms with Crippen molar-refractivity contribution in [3.8, 4) is 0 Å². The molecule has 110 valence electrons. The molecular weight excluding hydrogens is 248 g/mol. The van der Waals surface area contributed by atoms with Gasteiger partial charge in [-0.3, -0.25) is 4.79 Å². The number of carbonyl (C=O) groups excluding carboxylic acids is 1. The van der Waals surface area contributed by atoms with Gasteiger partial charge in [0.25, 0.3) is 0 Å². The predicted molar refractivity (Wildman–Crippen MR) is 84.2 cm³/mol. The standard InChI is InChI=1S/C17H26N2O/c1-4-5-6-17(20)19-11-9-18(10-12-19)16-13-14(2)7-8-15(16)3/h7-8,13H,4-6,9-12H2,1-3H3. The number of amides is 1. The van der Waals surface area contributed by atoms with Crippen molar-refractivity contribution in [2.24, 2.45) is 0 Å². The molecule has 0 unspecified atom stereocenters. The summed E-state index contributed by atoms with van der Waals surface area (Å²) in [4.78, 5) is 16.5. The quantitative estimate of drug-likeness (QED) is 0.842. The lowest BCUT2D eigenvalue weighted by Gasteiger charge is -2.37. The lowest BCUT2D eigenvalue weighted by atomic mass is 10.1. The van der Waals surface area contributed by atoms with Crippen molar-refractivity contribution in [3.05, 3.63) is 29.3 Å². The van der Waals surface area contributed by atoms with Crippen LogP contribution in [0.15, 0.2) is 18.2 Å². The minimum Gasteiger partial charge on any atom is -0.368 e. The van der Waals surface area contributed by atoms with E-state index in [1.54, 1.807) is 0 Å². The third-order valence-electron chi connectivity index (χ3n) is 4.08. The SMILES string of the molecule is CCCCC(=O)N1CCN(c2cc(C)ccc2C)CC1. The van der Waals surface area contributed by atoms with Crippen molar-refractivity contribution in [2.45, 2.75) is 40.0 Å². The van der Waals surface area contributed by atoms with Gasteiger partial charge in [0.2, 0.25) is 5.91 Å². The molecule has 1 aromatic carbocycles. The lowest BCUT2D eigenvalue weighted by Crippen LogP contribution is -2.49. The van der Waals surface area contributed by atoms with Crippen LogP contribution >= 0.6 is 0 Å². The van der Waals surface area contributed by atoms with Crippen LogP contribution in [-0.4, -0.2) is 37.0 Å². The van der Waals surface area contributed by atoms with E-state index in [0.717, 1.165) is 39.0 Å². The van der Waals surface area contributed by atoms with Crippen molar-refractivity contribution in [1.82, 2.24) is 4.90 Å². The number of piperazine rings is 1. The summed E-state index contributed by atoms with van der Waals surface area (Å²) >= 11 is 0. The Balaban J connectivity index is 1.94. The zero-order valence-corrected chi connectivity index (χ0v) is 13.0. The summed E-state index contributed by atoms with van der Waals surface area (Å²) in [6.45, 7) is 10.0. The van der Waals surface area contributed by atoms with Gasteiger partial charge in [-0.25, -0.2) is 0 Å². The molecule has 0 N–H and O–H groups in total. The van der Waals surface area contributed by atoms with Crippen molar-refractivity contribution >= 4 is 11.6 Å². The minimum atomic E-state index is 0.326. The van der Waals surface area contributed by atoms with E-state index in [2.05, 4.69) is 43.9 Å². The molecule has 0 saturated carbocycles. The Bertz CT molecular complexity index is 462. The molecule has 0 aliphatic carbocycles. The number of hydrogen-bond donors (Lipinski definition) is 0. The Morgan fingerprint density at radius 3 is 2.50 bits per heavy atom. The van der Waals surface area contributed by atoms with Crippen LogP contribution in [0, 0.1) is 13.8 Å². The number of anilines is 1. The fourth-order valence-corrected chi connectivity index (χ4v) is 2.74. The van der Waals surface area contributed by atoms with Crippen molar-refractivity contribution in [3.63, 3.8) is 0 Å². The van der Waals surface area contributed by atoms with Crippen molar-refractivity contribution in [1.29, 1.82) is 0 Å². The largest absolute Gasteiger partial charge is 0.368 e. The number of aryl methyl sites for hydroxylation is 2. The molecule has 20 heavy (non-hydrogen) atoms. The summed E-state index contributed by atoms with van der Waals surface area (Å²) < 4.78 is 0. The molecule has 2 rings (SSSR count). The highest BCUT2D eigenvalue weighted by Crippen LogP contribution is 2.23. The van der Waals surface area contributed by atoms with Gasteiger partial charge in [-0.15, -0.1) is 0 Å². The fraction of sp³-hybridized carbons (Fsp3) is 0.588. The molecule has 0 atom stereocenters. The van der Waals surface area contributed by atoms with Crippen LogP contribution in [0.4, 0.5) is 5.69 Å². The Labute approximate surface area is 122 Å². The average Bonchev–Trinajstić information content (AvgIpc) is 2.47. The van der Waals surface area contributed by atoms with Crippen LogP contribution in [-0.2, 0) is 4.79 Å². The van der Waals surface area contributed by atoms with Gasteiger partial charge < -0.3 is 9.80 Å². The summed E-state index contributed by atoms with van der Waals surface area (Å²) in [5.74, 6) is 0.326. The first-order chi connectivity index (χ1) is 9.61. The Kier molecular flexibility index (Phi) is 5.05. The second kappa shape index (κ2) is 6.78. The molecule has 1 aromatic rings. The highest BCUT2D eigenvalue weighted by atomic mass is 16.2. The van der Waals surface area contributed by atoms with Gasteiger partial charge in [0.05, 0.1) is 0 Å². The normalized spacial score (nSPS) is 15.6. The molecule has 1 saturated heterocycles. The van der Waals surface area contributed by atoms with Gasteiger partial charge in [-0.2, -0.15) is 0 Å². The van der Waals surface area contributed by atoms with Crippen LogP contribution in [0.3, 0.4) is 0 Å². The molecule has 1 heterocycles. The number of unbranched alkanes of at least 4 members (excludes halogenated alkanes) is 1. The number of hydrogen-bond acceptors (Lipinski definition) is 2. The molecule has 1 amide bonds. The van der Waals surface area contributed by atoms with E-state index in [1.807, 2.05) is 4.90 Å². The molecule has 3 nitrogen and oxygen atoms in total. The summed E-state index contributed by atoms with van der Waals surface area (Å²) in [5.41, 5.74) is 3.94. The molecule has 0 spiro atoms. The first kappa shape index (κ1) is 14.9. The summed E-state index contributed by atoms with van der Waals surface area (Å²) in [5, 5.41) is 0. The Morgan fingerprint density at radius 2 is 1.85 bits per heavy atom. The van der Waals surface area contributed by atoms with Gasteiger partial charge in [-0.05, 0) is 37.5 Å². The van der Waals surface area contributed by atoms with Crippen LogP contribution in [0.25, 0.3) is 0 Å². The van der Waals surface area contributed by atoms with E-state index in [4.69, 9.17) is 0 Å². The van der Waals surface area contributed by atoms with Gasteiger partial charge in [-0.1, -0.05) is 25.5 Å². The smallest absolute Gasteiger partial charge is 0.222 e. The third-order valence-corrected chi connectivity index (χ3v) is 4.08. The molecule has 1 aliphatic rings. The summed E-state index contributed by atoms with van der Waals surface area (Å²) in [7, 11) is 0. The molecule has 0 bridgehead atoms. The number of nitrogens with zero attached hydrogens (tertiary/aromatic N) is 2. The monoisotopic (exact) mass is 274 g/mol. The maximum Gasteiger partial charge on any atom is 0.222 e. The van der Waals surface area contributed by atoms with E-state index in [-0.39, 0.29) is 0 Å². The van der Waals surface area contributed by atoms with Crippen LogP contribution in [0.5, 0.6) is 0 Å². The molecule has 1 fully saturated rings. The topological polar surface area (TPSA) is 23.6 Å². The maximum atomic E-state index is 12.0. The van der Waals surface area contributed by atoms with Crippen LogP contribution < -0.4 is 4.90 Å². The minimum absolute atomic E-state index is 0.326. The van der Waals surface area contributed by atoms with E-state index < -0.39 is 0 Å². The maximum absolute atomic E-state index is 12.0. The van der Waals surface area contributed by atoms with Crippen LogP contribution in [0.2, 0.25) is 0 Å². The van der Waals surface area contributed by atoms with Gasteiger partial charge in [0.1, 0.15) is 0 Å². The molecule has 0 aromatic heterocycles. The van der Waals surface area contributed by atoms with E-state index in [9.17, 15) is 4.79 Å². The number of rotatable bonds is 4.